The van der Waals surface area contributed by atoms with Crippen molar-refractivity contribution in [3.63, 3.8) is 0 Å². The van der Waals surface area contributed by atoms with Gasteiger partial charge in [0, 0.05) is 48.0 Å². The van der Waals surface area contributed by atoms with Crippen LogP contribution in [0.25, 0.3) is 0 Å². The third-order valence-corrected chi connectivity index (χ3v) is 16.6. The average molecular weight is 843 g/mol. The highest BCUT2D eigenvalue weighted by atomic mass is 28.3. The van der Waals surface area contributed by atoms with E-state index < -0.39 is 30.6 Å². The number of aliphatic hydroxyl groups excluding tert-OH is 1. The molecule has 2 aliphatic rings. The number of rotatable bonds is 15. The lowest BCUT2D eigenvalue weighted by Crippen LogP contribution is -2.52. The van der Waals surface area contributed by atoms with Crippen molar-refractivity contribution < 1.29 is 38.6 Å². The number of nitro groups is 1. The Morgan fingerprint density at radius 1 is 0.902 bits per heavy atom. The van der Waals surface area contributed by atoms with E-state index in [2.05, 4.69) is 18.4 Å². The van der Waals surface area contributed by atoms with E-state index in [1.165, 1.54) is 12.1 Å². The molecule has 0 aliphatic carbocycles. The molecule has 0 aromatic heterocycles. The van der Waals surface area contributed by atoms with Gasteiger partial charge in [-0.25, -0.2) is 0 Å². The van der Waals surface area contributed by atoms with Crippen LogP contribution in [0, 0.1) is 16.0 Å². The van der Waals surface area contributed by atoms with Crippen LogP contribution in [0.1, 0.15) is 40.4 Å². The van der Waals surface area contributed by atoms with Crippen LogP contribution in [0.15, 0.2) is 121 Å². The van der Waals surface area contributed by atoms with E-state index in [1.54, 1.807) is 72.6 Å². The Labute approximate surface area is 356 Å². The van der Waals surface area contributed by atoms with Crippen LogP contribution in [0.5, 0.6) is 11.5 Å². The van der Waals surface area contributed by atoms with E-state index in [0.29, 0.717) is 39.6 Å². The minimum absolute atomic E-state index is 0.0721. The summed E-state index contributed by atoms with van der Waals surface area (Å²) in [6.45, 7) is 6.57. The first-order valence-corrected chi connectivity index (χ1v) is 23.3. The molecule has 2 aliphatic heterocycles. The van der Waals surface area contributed by atoms with Gasteiger partial charge in [-0.1, -0.05) is 79.8 Å². The Hall–Kier alpha value is -6.35. The molecule has 316 valence electrons. The van der Waals surface area contributed by atoms with Crippen LogP contribution >= 0.6 is 0 Å². The number of hydrogen-bond acceptors (Lipinski definition) is 9. The minimum Gasteiger partial charge on any atom is -0.497 e. The highest BCUT2D eigenvalue weighted by Crippen LogP contribution is 2.60. The number of amides is 3. The number of hydrogen-bond donors (Lipinski definition) is 2. The molecule has 5 aromatic rings. The molecule has 61 heavy (non-hydrogen) atoms. The molecule has 0 radical (unpaired) electrons. The average Bonchev–Trinajstić information content (AvgIpc) is 3.69. The standard InChI is InChI=1S/C47H50N4O9Si/c1-31-44(61(4,5)39-21-19-38(59-3)20-22-39)42(28-43(53)49(24-25-52)29-32-10-7-6-8-11-32)60-47(31)40-27-36(51(56)57)16-23-41(40)50(46(47)55)30-33-12-9-13-35(26-33)48-45(54)34-14-17-37(58-2)18-15-34/h6-23,26-27,31,42,44,52H,24-25,28-30H2,1-5H3,(H,48,54)/t31-,42+,44-,47+/m1/s1. The van der Waals surface area contributed by atoms with Gasteiger partial charge < -0.3 is 34.4 Å². The van der Waals surface area contributed by atoms with E-state index in [0.717, 1.165) is 10.8 Å². The van der Waals surface area contributed by atoms with Gasteiger partial charge in [-0.2, -0.15) is 0 Å². The summed E-state index contributed by atoms with van der Waals surface area (Å²) in [5.41, 5.74) is 1.21. The summed E-state index contributed by atoms with van der Waals surface area (Å²) in [6, 6.07) is 35.7. The zero-order valence-corrected chi connectivity index (χ0v) is 35.9. The van der Waals surface area contributed by atoms with Gasteiger partial charge in [0.25, 0.3) is 17.5 Å². The van der Waals surface area contributed by atoms with Crippen LogP contribution in [-0.2, 0) is 33.0 Å². The molecule has 5 aromatic carbocycles. The molecule has 3 amide bonds. The molecule has 0 unspecified atom stereocenters. The maximum Gasteiger partial charge on any atom is 0.269 e. The number of ether oxygens (including phenoxy) is 3. The van der Waals surface area contributed by atoms with E-state index in [-0.39, 0.29) is 61.6 Å². The van der Waals surface area contributed by atoms with Gasteiger partial charge in [0.2, 0.25) is 5.91 Å². The van der Waals surface area contributed by atoms with Crippen LogP contribution in [0.3, 0.4) is 0 Å². The van der Waals surface area contributed by atoms with Crippen molar-refractivity contribution in [1.29, 1.82) is 0 Å². The monoisotopic (exact) mass is 842 g/mol. The van der Waals surface area contributed by atoms with Crippen LogP contribution in [-0.4, -0.2) is 74.2 Å². The number of carbonyl (C=O) groups is 3. The van der Waals surface area contributed by atoms with Gasteiger partial charge >= 0.3 is 0 Å². The second-order valence-electron chi connectivity index (χ2n) is 16.1. The van der Waals surface area contributed by atoms with E-state index >= 15 is 4.79 Å². The van der Waals surface area contributed by atoms with E-state index in [1.807, 2.05) is 67.6 Å². The lowest BCUT2D eigenvalue weighted by atomic mass is 9.82. The van der Waals surface area contributed by atoms with Crippen molar-refractivity contribution in [2.24, 2.45) is 5.92 Å². The molecule has 0 bridgehead atoms. The molecule has 1 fully saturated rings. The smallest absolute Gasteiger partial charge is 0.269 e. The van der Waals surface area contributed by atoms with Crippen molar-refractivity contribution in [3.8, 4) is 11.5 Å². The Morgan fingerprint density at radius 2 is 1.56 bits per heavy atom. The Bertz CT molecular complexity index is 2410. The minimum atomic E-state index is -2.69. The highest BCUT2D eigenvalue weighted by Gasteiger charge is 2.66. The Balaban J connectivity index is 1.27. The molecule has 0 saturated carbocycles. The van der Waals surface area contributed by atoms with Crippen LogP contribution in [0.2, 0.25) is 18.6 Å². The third-order valence-electron chi connectivity index (χ3n) is 12.2. The fourth-order valence-electron chi connectivity index (χ4n) is 9.17. The van der Waals surface area contributed by atoms with E-state index in [9.17, 15) is 24.8 Å². The number of fused-ring (bicyclic) bond motifs is 2. The predicted octanol–water partition coefficient (Wildman–Crippen LogP) is 7.04. The SMILES string of the molecule is COc1ccc(C(=O)Nc2cccc(CN3C(=O)[C@@]4(O[C@@H](CC(=O)N(CCO)Cc5ccccc5)[C@H]([Si](C)(C)c5ccc(OC)cc5)[C@H]4C)c4cc([N+](=O)[O-])ccc43)c2)cc1. The maximum atomic E-state index is 15.4. The number of non-ortho nitro benzene ring substituents is 1. The molecule has 2 heterocycles. The number of methoxy groups -OCH3 is 2. The van der Waals surface area contributed by atoms with Gasteiger partial charge in [-0.3, -0.25) is 24.5 Å². The maximum absolute atomic E-state index is 15.4. The number of aliphatic hydroxyl groups is 1. The second-order valence-corrected chi connectivity index (χ2v) is 20.8. The predicted molar refractivity (Wildman–Crippen MR) is 235 cm³/mol. The number of nitro benzene ring substituents is 1. The van der Waals surface area contributed by atoms with Gasteiger partial charge in [0.15, 0.2) is 5.60 Å². The summed E-state index contributed by atoms with van der Waals surface area (Å²) in [5, 5.41) is 26.3. The molecule has 1 spiro atoms. The third kappa shape index (κ3) is 8.38. The molecule has 7 rings (SSSR count). The quantitative estimate of drug-likeness (QED) is 0.0641. The van der Waals surface area contributed by atoms with Crippen molar-refractivity contribution in [2.75, 3.05) is 37.6 Å². The summed E-state index contributed by atoms with van der Waals surface area (Å²) in [7, 11) is 0.469. The van der Waals surface area contributed by atoms with Gasteiger partial charge in [0.05, 0.1) is 58.6 Å². The van der Waals surface area contributed by atoms with Gasteiger partial charge in [-0.05, 0) is 71.3 Å². The molecule has 14 heteroatoms. The zero-order valence-electron chi connectivity index (χ0n) is 34.9. The topological polar surface area (TPSA) is 161 Å². The number of nitrogens with one attached hydrogen (secondary N) is 1. The first-order chi connectivity index (χ1) is 29.3. The van der Waals surface area contributed by atoms with Crippen LogP contribution < -0.4 is 24.9 Å². The summed E-state index contributed by atoms with van der Waals surface area (Å²) < 4.78 is 17.8. The van der Waals surface area contributed by atoms with Gasteiger partial charge in [0.1, 0.15) is 11.5 Å². The zero-order chi connectivity index (χ0) is 43.5. The van der Waals surface area contributed by atoms with Crippen molar-refractivity contribution in [3.05, 3.63) is 154 Å². The summed E-state index contributed by atoms with van der Waals surface area (Å²) >= 11 is 0. The van der Waals surface area contributed by atoms with Gasteiger partial charge in [-0.15, -0.1) is 0 Å². The van der Waals surface area contributed by atoms with Crippen molar-refractivity contribution >= 4 is 48.0 Å². The number of benzene rings is 5. The normalized spacial score (nSPS) is 19.4. The fraction of sp³-hybridized carbons (Fsp3) is 0.298. The number of nitrogens with zero attached hydrogens (tertiary/aromatic N) is 3. The summed E-state index contributed by atoms with van der Waals surface area (Å²) in [6.07, 6.45) is -0.848. The molecular weight excluding hydrogens is 793 g/mol. The summed E-state index contributed by atoms with van der Waals surface area (Å²) in [4.78, 5) is 58.0. The van der Waals surface area contributed by atoms with Crippen LogP contribution in [0.4, 0.5) is 17.1 Å². The molecule has 2 N–H and O–H groups in total. The van der Waals surface area contributed by atoms with Crippen molar-refractivity contribution in [2.45, 2.75) is 56.8 Å². The number of anilines is 2. The molecule has 4 atom stereocenters. The molecular formula is C47H50N4O9Si. The van der Waals surface area contributed by atoms with Crippen molar-refractivity contribution in [1.82, 2.24) is 4.90 Å². The highest BCUT2D eigenvalue weighted by molar-refractivity contribution is 6.91. The summed E-state index contributed by atoms with van der Waals surface area (Å²) in [5.74, 6) is -0.173. The number of carbonyl (C=O) groups excluding carboxylic acids is 3. The van der Waals surface area contributed by atoms with E-state index in [4.69, 9.17) is 14.2 Å². The molecule has 1 saturated heterocycles. The first kappa shape index (κ1) is 42.8. The first-order valence-electron chi connectivity index (χ1n) is 20.2. The molecule has 13 nitrogen and oxygen atoms in total. The Morgan fingerprint density at radius 3 is 2.20 bits per heavy atom. The largest absolute Gasteiger partial charge is 0.497 e. The lowest BCUT2D eigenvalue weighted by Gasteiger charge is -2.37. The fourth-order valence-corrected chi connectivity index (χ4v) is 13.2. The second kappa shape index (κ2) is 17.7. The Kier molecular flexibility index (Phi) is 12.4. The lowest BCUT2D eigenvalue weighted by molar-refractivity contribution is -0.385.